The van der Waals surface area contributed by atoms with Crippen LogP contribution in [0.3, 0.4) is 0 Å². The molecule has 1 aliphatic carbocycles. The quantitative estimate of drug-likeness (QED) is 0.798. The van der Waals surface area contributed by atoms with Gasteiger partial charge in [-0.25, -0.2) is 5.14 Å². The summed E-state index contributed by atoms with van der Waals surface area (Å²) in [6.45, 7) is -0.00810. The SMILES string of the molecule is NS(=O)(=O)OCc1cc2c([nH]1)CCCC2. The topological polar surface area (TPSA) is 85.2 Å². The van der Waals surface area contributed by atoms with Gasteiger partial charge in [-0.1, -0.05) is 0 Å². The molecule has 0 aliphatic heterocycles. The highest BCUT2D eigenvalue weighted by atomic mass is 32.2. The van der Waals surface area contributed by atoms with Gasteiger partial charge in [0, 0.05) is 11.4 Å². The molecule has 0 saturated carbocycles. The van der Waals surface area contributed by atoms with Gasteiger partial charge in [-0.15, -0.1) is 0 Å². The maximum Gasteiger partial charge on any atom is 0.333 e. The molecule has 1 aliphatic rings. The maximum absolute atomic E-state index is 10.6. The van der Waals surface area contributed by atoms with Crippen LogP contribution in [0.2, 0.25) is 0 Å². The molecule has 1 aromatic heterocycles. The molecule has 0 atom stereocenters. The fourth-order valence-electron chi connectivity index (χ4n) is 1.89. The van der Waals surface area contributed by atoms with E-state index in [0.717, 1.165) is 18.5 Å². The Morgan fingerprint density at radius 1 is 1.40 bits per heavy atom. The van der Waals surface area contributed by atoms with Crippen LogP contribution >= 0.6 is 0 Å². The molecule has 0 unspecified atom stereocenters. The highest BCUT2D eigenvalue weighted by Crippen LogP contribution is 2.21. The summed E-state index contributed by atoms with van der Waals surface area (Å²) in [6.07, 6.45) is 4.47. The highest BCUT2D eigenvalue weighted by Gasteiger charge is 2.13. The molecule has 5 nitrogen and oxygen atoms in total. The van der Waals surface area contributed by atoms with Crippen molar-refractivity contribution in [3.05, 3.63) is 23.0 Å². The number of hydrogen-bond acceptors (Lipinski definition) is 3. The number of hydrogen-bond donors (Lipinski definition) is 2. The Hall–Kier alpha value is -0.850. The third-order valence-electron chi connectivity index (χ3n) is 2.55. The molecule has 0 spiro atoms. The van der Waals surface area contributed by atoms with Crippen LogP contribution in [0.1, 0.15) is 29.8 Å². The smallest absolute Gasteiger partial charge is 0.333 e. The van der Waals surface area contributed by atoms with Gasteiger partial charge in [0.1, 0.15) is 6.61 Å². The summed E-state index contributed by atoms with van der Waals surface area (Å²) in [7, 11) is -3.84. The Bertz CT molecular complexity index is 426. The van der Waals surface area contributed by atoms with Crippen LogP contribution in [0.25, 0.3) is 0 Å². The summed E-state index contributed by atoms with van der Waals surface area (Å²) in [5, 5.41) is 4.74. The van der Waals surface area contributed by atoms with Crippen LogP contribution in [0, 0.1) is 0 Å². The Labute approximate surface area is 88.9 Å². The Balaban J connectivity index is 2.07. The minimum absolute atomic E-state index is 0.00810. The second kappa shape index (κ2) is 3.96. The number of nitrogens with two attached hydrogens (primary N) is 1. The fraction of sp³-hybridized carbons (Fsp3) is 0.556. The number of rotatable bonds is 3. The van der Waals surface area contributed by atoms with Gasteiger partial charge in [0.25, 0.3) is 0 Å². The predicted octanol–water partition coefficient (Wildman–Crippen LogP) is 0.614. The number of aryl methyl sites for hydroxylation is 2. The molecule has 1 heterocycles. The van der Waals surface area contributed by atoms with Crippen molar-refractivity contribution in [2.24, 2.45) is 5.14 Å². The average Bonchev–Trinajstić information content (AvgIpc) is 2.56. The molecule has 0 saturated heterocycles. The number of nitrogens with one attached hydrogen (secondary N) is 1. The van der Waals surface area contributed by atoms with Crippen LogP contribution in [0.5, 0.6) is 0 Å². The van der Waals surface area contributed by atoms with Crippen LogP contribution in [0.4, 0.5) is 0 Å². The lowest BCUT2D eigenvalue weighted by Gasteiger charge is -2.09. The number of fused-ring (bicyclic) bond motifs is 1. The number of aromatic amines is 1. The van der Waals surface area contributed by atoms with Crippen molar-refractivity contribution in [2.75, 3.05) is 0 Å². The highest BCUT2D eigenvalue weighted by molar-refractivity contribution is 7.84. The van der Waals surface area contributed by atoms with Crippen LogP contribution < -0.4 is 5.14 Å². The van der Waals surface area contributed by atoms with Gasteiger partial charge in [-0.2, -0.15) is 8.42 Å². The monoisotopic (exact) mass is 230 g/mol. The summed E-state index contributed by atoms with van der Waals surface area (Å²) >= 11 is 0. The molecule has 84 valence electrons. The van der Waals surface area contributed by atoms with Gasteiger partial charge >= 0.3 is 10.3 Å². The average molecular weight is 230 g/mol. The Morgan fingerprint density at radius 2 is 2.13 bits per heavy atom. The zero-order valence-corrected chi connectivity index (χ0v) is 9.14. The normalized spacial score (nSPS) is 16.3. The molecule has 3 N–H and O–H groups in total. The van der Waals surface area contributed by atoms with Crippen molar-refractivity contribution in [1.82, 2.24) is 4.98 Å². The van der Waals surface area contributed by atoms with Gasteiger partial charge in [-0.3, -0.25) is 4.18 Å². The van der Waals surface area contributed by atoms with E-state index in [1.54, 1.807) is 0 Å². The van der Waals surface area contributed by atoms with Crippen molar-refractivity contribution < 1.29 is 12.6 Å². The summed E-state index contributed by atoms with van der Waals surface area (Å²) in [6, 6.07) is 1.96. The molecule has 0 radical (unpaired) electrons. The first-order valence-electron chi connectivity index (χ1n) is 4.91. The zero-order valence-electron chi connectivity index (χ0n) is 8.32. The van der Waals surface area contributed by atoms with Crippen molar-refractivity contribution in [2.45, 2.75) is 32.3 Å². The lowest BCUT2D eigenvalue weighted by molar-refractivity contribution is 0.304. The van der Waals surface area contributed by atoms with Gasteiger partial charge in [0.15, 0.2) is 0 Å². The van der Waals surface area contributed by atoms with E-state index >= 15 is 0 Å². The minimum atomic E-state index is -3.84. The van der Waals surface area contributed by atoms with E-state index < -0.39 is 10.3 Å². The maximum atomic E-state index is 10.6. The first-order chi connectivity index (χ1) is 7.04. The molecule has 0 aromatic carbocycles. The van der Waals surface area contributed by atoms with E-state index in [2.05, 4.69) is 9.17 Å². The second-order valence-electron chi connectivity index (χ2n) is 3.76. The molecule has 15 heavy (non-hydrogen) atoms. The van der Waals surface area contributed by atoms with Crippen molar-refractivity contribution in [3.63, 3.8) is 0 Å². The molecule has 1 aromatic rings. The molecular weight excluding hydrogens is 216 g/mol. The third-order valence-corrected chi connectivity index (χ3v) is 3.00. The summed E-state index contributed by atoms with van der Waals surface area (Å²) in [4.78, 5) is 3.16. The number of aromatic nitrogens is 1. The molecule has 2 rings (SSSR count). The standard InChI is InChI=1S/C9H14N2O3S/c10-15(12,13)14-6-8-5-7-3-1-2-4-9(7)11-8/h5,11H,1-4,6H2,(H2,10,12,13). The molecule has 6 heteroatoms. The summed E-state index contributed by atoms with van der Waals surface area (Å²) < 4.78 is 25.7. The predicted molar refractivity (Wildman–Crippen MR) is 55.3 cm³/mol. The van der Waals surface area contributed by atoms with Crippen LogP contribution in [-0.4, -0.2) is 13.4 Å². The number of H-pyrrole nitrogens is 1. The first kappa shape index (κ1) is 10.7. The molecular formula is C9H14N2O3S. The van der Waals surface area contributed by atoms with E-state index in [0.29, 0.717) is 0 Å². The molecule has 0 bridgehead atoms. The second-order valence-corrected chi connectivity index (χ2v) is 4.98. The molecule has 0 amide bonds. The van der Waals surface area contributed by atoms with Gasteiger partial charge < -0.3 is 4.98 Å². The van der Waals surface area contributed by atoms with E-state index in [9.17, 15) is 8.42 Å². The Morgan fingerprint density at radius 3 is 2.80 bits per heavy atom. The fourth-order valence-corrected chi connectivity index (χ4v) is 2.19. The van der Waals surface area contributed by atoms with Crippen molar-refractivity contribution >= 4 is 10.3 Å². The van der Waals surface area contributed by atoms with Crippen LogP contribution in [0.15, 0.2) is 6.07 Å². The third kappa shape index (κ3) is 2.80. The zero-order chi connectivity index (χ0) is 10.9. The first-order valence-corrected chi connectivity index (χ1v) is 6.38. The van der Waals surface area contributed by atoms with E-state index in [1.807, 2.05) is 6.07 Å². The van der Waals surface area contributed by atoms with Gasteiger partial charge in [-0.05, 0) is 37.3 Å². The summed E-state index contributed by atoms with van der Waals surface area (Å²) in [5.41, 5.74) is 3.25. The lowest BCUT2D eigenvalue weighted by Crippen LogP contribution is -2.15. The lowest BCUT2D eigenvalue weighted by atomic mass is 9.98. The largest absolute Gasteiger partial charge is 0.360 e. The Kier molecular flexibility index (Phi) is 2.81. The van der Waals surface area contributed by atoms with E-state index in [1.165, 1.54) is 24.1 Å². The van der Waals surface area contributed by atoms with E-state index in [-0.39, 0.29) is 6.61 Å². The minimum Gasteiger partial charge on any atom is -0.360 e. The summed E-state index contributed by atoms with van der Waals surface area (Å²) in [5.74, 6) is 0. The molecule has 0 fully saturated rings. The van der Waals surface area contributed by atoms with Gasteiger partial charge in [0.05, 0.1) is 0 Å². The van der Waals surface area contributed by atoms with Crippen molar-refractivity contribution in [1.29, 1.82) is 0 Å². The van der Waals surface area contributed by atoms with Crippen LogP contribution in [-0.2, 0) is 33.9 Å². The van der Waals surface area contributed by atoms with Crippen molar-refractivity contribution in [3.8, 4) is 0 Å². The van der Waals surface area contributed by atoms with Gasteiger partial charge in [0.2, 0.25) is 0 Å². The van der Waals surface area contributed by atoms with E-state index in [4.69, 9.17) is 5.14 Å².